The van der Waals surface area contributed by atoms with Crippen LogP contribution in [0, 0.1) is 23.5 Å². The number of hydrogen-bond acceptors (Lipinski definition) is 3. The number of rotatable bonds is 7. The number of likely N-dealkylation sites (tertiary alicyclic amines) is 1. The lowest BCUT2D eigenvalue weighted by Gasteiger charge is -2.34. The van der Waals surface area contributed by atoms with Gasteiger partial charge in [-0.3, -0.25) is 14.4 Å². The van der Waals surface area contributed by atoms with E-state index >= 15 is 0 Å². The molecule has 1 aromatic carbocycles. The van der Waals surface area contributed by atoms with Crippen molar-refractivity contribution in [1.29, 1.82) is 0 Å². The van der Waals surface area contributed by atoms with E-state index in [0.717, 1.165) is 12.1 Å². The van der Waals surface area contributed by atoms with Crippen LogP contribution in [0.1, 0.15) is 57.3 Å². The van der Waals surface area contributed by atoms with E-state index < -0.39 is 35.1 Å². The number of nitrogens with one attached hydrogen (secondary N) is 2. The fourth-order valence-corrected chi connectivity index (χ4v) is 3.51. The van der Waals surface area contributed by atoms with Crippen LogP contribution in [0.3, 0.4) is 0 Å². The Kier molecular flexibility index (Phi) is 8.32. The van der Waals surface area contributed by atoms with Crippen molar-refractivity contribution in [2.45, 2.75) is 59.0 Å². The van der Waals surface area contributed by atoms with Crippen molar-refractivity contribution in [3.05, 3.63) is 35.4 Å². The van der Waals surface area contributed by atoms with E-state index in [2.05, 4.69) is 10.6 Å². The zero-order chi connectivity index (χ0) is 22.4. The molecule has 1 heterocycles. The molecule has 1 aliphatic rings. The normalized spacial score (nSPS) is 15.9. The predicted molar refractivity (Wildman–Crippen MR) is 110 cm³/mol. The standard InChI is InChI=1S/C22H31F2N3O3/c1-13(2)12-18(28)27-10-8-15(9-11-27)25-22(30)20(14(3)4)26-21(29)19-16(23)6-5-7-17(19)24/h5-7,13-15,20H,8-12H2,1-4H3,(H,25,30)(H,26,29)/t20-/m0/s1. The Labute approximate surface area is 176 Å². The SMILES string of the molecule is CC(C)CC(=O)N1CCC(NC(=O)[C@@H](NC(=O)c2c(F)cccc2F)C(C)C)CC1. The smallest absolute Gasteiger partial charge is 0.257 e. The molecule has 0 unspecified atom stereocenters. The summed E-state index contributed by atoms with van der Waals surface area (Å²) in [6.45, 7) is 8.62. The second kappa shape index (κ2) is 10.5. The molecular formula is C22H31F2N3O3. The van der Waals surface area contributed by atoms with Crippen molar-refractivity contribution in [2.24, 2.45) is 11.8 Å². The average molecular weight is 424 g/mol. The Morgan fingerprint density at radius 2 is 1.63 bits per heavy atom. The average Bonchev–Trinajstić information content (AvgIpc) is 2.65. The number of carbonyl (C=O) groups is 3. The molecule has 166 valence electrons. The number of hydrogen-bond donors (Lipinski definition) is 2. The van der Waals surface area contributed by atoms with Gasteiger partial charge in [0.25, 0.3) is 5.91 Å². The first-order valence-corrected chi connectivity index (χ1v) is 10.4. The number of carbonyl (C=O) groups excluding carboxylic acids is 3. The van der Waals surface area contributed by atoms with Gasteiger partial charge in [0.1, 0.15) is 23.2 Å². The topological polar surface area (TPSA) is 78.5 Å². The first-order valence-electron chi connectivity index (χ1n) is 10.4. The fraction of sp³-hybridized carbons (Fsp3) is 0.591. The zero-order valence-corrected chi connectivity index (χ0v) is 18.0. The van der Waals surface area contributed by atoms with Crippen molar-refractivity contribution in [3.63, 3.8) is 0 Å². The molecule has 0 aromatic heterocycles. The number of piperidine rings is 1. The van der Waals surface area contributed by atoms with Crippen LogP contribution in [0.5, 0.6) is 0 Å². The summed E-state index contributed by atoms with van der Waals surface area (Å²) in [6, 6.07) is 2.11. The van der Waals surface area contributed by atoms with Crippen LogP contribution in [0.15, 0.2) is 18.2 Å². The van der Waals surface area contributed by atoms with E-state index in [9.17, 15) is 23.2 Å². The molecule has 1 aliphatic heterocycles. The lowest BCUT2D eigenvalue weighted by Crippen LogP contribution is -2.54. The molecule has 0 radical (unpaired) electrons. The van der Waals surface area contributed by atoms with Gasteiger partial charge in [0.15, 0.2) is 0 Å². The van der Waals surface area contributed by atoms with E-state index in [1.807, 2.05) is 18.7 Å². The molecular weight excluding hydrogens is 392 g/mol. The van der Waals surface area contributed by atoms with Gasteiger partial charge in [-0.25, -0.2) is 8.78 Å². The molecule has 8 heteroatoms. The Bertz CT molecular complexity index is 755. The highest BCUT2D eigenvalue weighted by molar-refractivity contribution is 5.98. The zero-order valence-electron chi connectivity index (χ0n) is 18.0. The van der Waals surface area contributed by atoms with Gasteiger partial charge >= 0.3 is 0 Å². The molecule has 1 atom stereocenters. The maximum absolute atomic E-state index is 13.9. The van der Waals surface area contributed by atoms with E-state index in [1.165, 1.54) is 6.07 Å². The molecule has 30 heavy (non-hydrogen) atoms. The molecule has 0 aliphatic carbocycles. The number of benzene rings is 1. The fourth-order valence-electron chi connectivity index (χ4n) is 3.51. The summed E-state index contributed by atoms with van der Waals surface area (Å²) in [5.41, 5.74) is -0.701. The second-order valence-corrected chi connectivity index (χ2v) is 8.55. The van der Waals surface area contributed by atoms with Crippen molar-refractivity contribution >= 4 is 17.7 Å². The molecule has 2 N–H and O–H groups in total. The van der Waals surface area contributed by atoms with Crippen LogP contribution in [0.25, 0.3) is 0 Å². The lowest BCUT2D eigenvalue weighted by atomic mass is 9.99. The highest BCUT2D eigenvalue weighted by atomic mass is 19.1. The van der Waals surface area contributed by atoms with Crippen molar-refractivity contribution < 1.29 is 23.2 Å². The number of halogens is 2. The second-order valence-electron chi connectivity index (χ2n) is 8.55. The first kappa shape index (κ1) is 23.8. The highest BCUT2D eigenvalue weighted by Gasteiger charge is 2.30. The van der Waals surface area contributed by atoms with Crippen LogP contribution in [0.2, 0.25) is 0 Å². The quantitative estimate of drug-likeness (QED) is 0.708. The van der Waals surface area contributed by atoms with Crippen molar-refractivity contribution in [2.75, 3.05) is 13.1 Å². The van der Waals surface area contributed by atoms with E-state index in [4.69, 9.17) is 0 Å². The lowest BCUT2D eigenvalue weighted by molar-refractivity contribution is -0.133. The van der Waals surface area contributed by atoms with Gasteiger partial charge in [0.2, 0.25) is 11.8 Å². The van der Waals surface area contributed by atoms with Gasteiger partial charge in [0, 0.05) is 25.6 Å². The van der Waals surface area contributed by atoms with Gasteiger partial charge in [0.05, 0.1) is 0 Å². The minimum Gasteiger partial charge on any atom is -0.351 e. The largest absolute Gasteiger partial charge is 0.351 e. The summed E-state index contributed by atoms with van der Waals surface area (Å²) in [5.74, 6) is -3.19. The maximum atomic E-state index is 13.9. The van der Waals surface area contributed by atoms with E-state index in [-0.39, 0.29) is 17.9 Å². The van der Waals surface area contributed by atoms with Crippen LogP contribution < -0.4 is 10.6 Å². The molecule has 0 spiro atoms. The van der Waals surface area contributed by atoms with Crippen LogP contribution in [-0.4, -0.2) is 47.8 Å². The molecule has 1 fully saturated rings. The number of amides is 3. The Morgan fingerprint density at radius 1 is 1.07 bits per heavy atom. The Morgan fingerprint density at radius 3 is 2.13 bits per heavy atom. The summed E-state index contributed by atoms with van der Waals surface area (Å²) in [7, 11) is 0. The third-order valence-corrected chi connectivity index (χ3v) is 5.20. The van der Waals surface area contributed by atoms with E-state index in [0.29, 0.717) is 38.3 Å². The van der Waals surface area contributed by atoms with Crippen LogP contribution in [-0.2, 0) is 9.59 Å². The molecule has 2 rings (SSSR count). The van der Waals surface area contributed by atoms with Gasteiger partial charge in [-0.1, -0.05) is 33.8 Å². The minimum absolute atomic E-state index is 0.119. The van der Waals surface area contributed by atoms with E-state index in [1.54, 1.807) is 13.8 Å². The van der Waals surface area contributed by atoms with Crippen molar-refractivity contribution in [1.82, 2.24) is 15.5 Å². The summed E-state index contributed by atoms with van der Waals surface area (Å²) in [6.07, 6.45) is 1.75. The molecule has 0 saturated carbocycles. The predicted octanol–water partition coefficient (Wildman–Crippen LogP) is 2.87. The third kappa shape index (κ3) is 6.24. The third-order valence-electron chi connectivity index (χ3n) is 5.20. The van der Waals surface area contributed by atoms with Gasteiger partial charge in [-0.05, 0) is 36.8 Å². The molecule has 6 nitrogen and oxygen atoms in total. The maximum Gasteiger partial charge on any atom is 0.257 e. The summed E-state index contributed by atoms with van der Waals surface area (Å²) in [4.78, 5) is 39.1. The van der Waals surface area contributed by atoms with Crippen LogP contribution >= 0.6 is 0 Å². The summed E-state index contributed by atoms with van der Waals surface area (Å²) >= 11 is 0. The molecule has 0 bridgehead atoms. The minimum atomic E-state index is -0.978. The molecule has 1 saturated heterocycles. The first-order chi connectivity index (χ1) is 14.1. The highest BCUT2D eigenvalue weighted by Crippen LogP contribution is 2.16. The van der Waals surface area contributed by atoms with Crippen LogP contribution in [0.4, 0.5) is 8.78 Å². The van der Waals surface area contributed by atoms with Gasteiger partial charge in [-0.2, -0.15) is 0 Å². The summed E-state index contributed by atoms with van der Waals surface area (Å²) in [5, 5.41) is 5.36. The van der Waals surface area contributed by atoms with Crippen molar-refractivity contribution in [3.8, 4) is 0 Å². The Balaban J connectivity index is 1.95. The molecule has 1 aromatic rings. The number of nitrogens with zero attached hydrogens (tertiary/aromatic N) is 1. The monoisotopic (exact) mass is 423 g/mol. The Hall–Kier alpha value is -2.51. The summed E-state index contributed by atoms with van der Waals surface area (Å²) < 4.78 is 27.7. The molecule has 3 amide bonds. The van der Waals surface area contributed by atoms with Gasteiger partial charge < -0.3 is 15.5 Å². The van der Waals surface area contributed by atoms with Gasteiger partial charge in [-0.15, -0.1) is 0 Å².